The highest BCUT2D eigenvalue weighted by molar-refractivity contribution is 9.10. The van der Waals surface area contributed by atoms with Crippen LogP contribution < -0.4 is 11.1 Å². The van der Waals surface area contributed by atoms with E-state index in [-0.39, 0.29) is 33.9 Å². The third kappa shape index (κ3) is 9.55. The van der Waals surface area contributed by atoms with Crippen LogP contribution in [0.25, 0.3) is 11.3 Å². The van der Waals surface area contributed by atoms with Crippen molar-refractivity contribution in [2.75, 3.05) is 0 Å². The lowest BCUT2D eigenvalue weighted by Crippen LogP contribution is -2.29. The van der Waals surface area contributed by atoms with Gasteiger partial charge in [0, 0.05) is 46.0 Å². The van der Waals surface area contributed by atoms with Crippen LogP contribution in [0, 0.1) is 35.8 Å². The van der Waals surface area contributed by atoms with E-state index in [0.717, 1.165) is 4.47 Å². The summed E-state index contributed by atoms with van der Waals surface area (Å²) in [5, 5.41) is 19.8. The second-order valence-corrected chi connectivity index (χ2v) is 12.6. The molecule has 0 aliphatic heterocycles. The predicted molar refractivity (Wildman–Crippen MR) is 188 cm³/mol. The molecule has 248 valence electrons. The van der Waals surface area contributed by atoms with Crippen LogP contribution in [0.5, 0.6) is 0 Å². The van der Waals surface area contributed by atoms with E-state index in [4.69, 9.17) is 6.42 Å². The van der Waals surface area contributed by atoms with Gasteiger partial charge in [0.2, 0.25) is 0 Å². The largest absolute Gasteiger partial charge is 0.385 e. The zero-order valence-electron chi connectivity index (χ0n) is 26.9. The first-order chi connectivity index (χ1) is 23.1. The van der Waals surface area contributed by atoms with Gasteiger partial charge >= 0.3 is 0 Å². The summed E-state index contributed by atoms with van der Waals surface area (Å²) >= 11 is 3.31. The van der Waals surface area contributed by atoms with Gasteiger partial charge < -0.3 is 10.2 Å². The Morgan fingerprint density at radius 3 is 1.61 bits per heavy atom. The fraction of sp³-hybridized carbons (Fsp3) is 0.158. The first kappa shape index (κ1) is 36.4. The average molecular weight is 726 g/mol. The maximum Gasteiger partial charge on any atom is 0.263 e. The van der Waals surface area contributed by atoms with Crippen molar-refractivity contribution in [2.24, 2.45) is 0 Å². The maximum atomic E-state index is 13.1. The van der Waals surface area contributed by atoms with Gasteiger partial charge in [0.05, 0.1) is 22.3 Å². The second-order valence-electron chi connectivity index (χ2n) is 11.7. The molecule has 8 nitrogen and oxygen atoms in total. The average Bonchev–Trinajstić information content (AvgIpc) is 3.03. The molecule has 6 aromatic rings. The summed E-state index contributed by atoms with van der Waals surface area (Å²) in [4.78, 5) is 32.8. The number of nitrogens with zero attached hydrogens (tertiary/aromatic N) is 4. The number of rotatable bonds is 2. The highest BCUT2D eigenvalue weighted by Crippen LogP contribution is 2.17. The van der Waals surface area contributed by atoms with Crippen molar-refractivity contribution in [1.29, 1.82) is 0 Å². The van der Waals surface area contributed by atoms with E-state index < -0.39 is 11.2 Å². The molecule has 0 radical (unpaired) electrons. The highest BCUT2D eigenvalue weighted by atomic mass is 79.9. The molecule has 0 saturated carbocycles. The van der Waals surface area contributed by atoms with E-state index >= 15 is 0 Å². The minimum Gasteiger partial charge on any atom is -0.385 e. The molecule has 0 saturated heterocycles. The summed E-state index contributed by atoms with van der Waals surface area (Å²) < 4.78 is 29.0. The number of terminal acetylenes is 1. The highest BCUT2D eigenvalue weighted by Gasteiger charge is 2.22. The van der Waals surface area contributed by atoms with E-state index in [1.165, 1.54) is 59.3 Å². The molecule has 0 aliphatic carbocycles. The number of aromatic nitrogens is 4. The molecule has 49 heavy (non-hydrogen) atoms. The van der Waals surface area contributed by atoms with E-state index in [1.807, 2.05) is 0 Å². The minimum absolute atomic E-state index is 0.221. The van der Waals surface area contributed by atoms with Crippen LogP contribution in [0.2, 0.25) is 0 Å². The molecule has 4 aromatic heterocycles. The van der Waals surface area contributed by atoms with Crippen molar-refractivity contribution < 1.29 is 19.0 Å². The summed E-state index contributed by atoms with van der Waals surface area (Å²) in [5.74, 6) is 7.50. The lowest BCUT2D eigenvalue weighted by Gasteiger charge is -2.16. The topological polar surface area (TPSA) is 109 Å². The lowest BCUT2D eigenvalue weighted by molar-refractivity contribution is 0.0759. The Labute approximate surface area is 289 Å². The van der Waals surface area contributed by atoms with Crippen LogP contribution in [0.1, 0.15) is 55.5 Å². The van der Waals surface area contributed by atoms with Crippen LogP contribution in [-0.2, 0) is 11.2 Å². The van der Waals surface area contributed by atoms with Gasteiger partial charge in [-0.1, -0.05) is 45.8 Å². The van der Waals surface area contributed by atoms with E-state index in [1.54, 1.807) is 74.8 Å². The fourth-order valence-corrected chi connectivity index (χ4v) is 4.65. The Hall–Kier alpha value is -5.46. The molecule has 4 heterocycles. The standard InChI is InChI=1S/C19H15FN2O2.C11H11BrN2O2.C8H5F/c1-19(2,24)16-12-21-17-11-14(8-9-22(17)18(16)23)7-6-13-4-3-5-15(20)10-13;1-11(2,16)8-6-13-9-5-7(12)3-4-14(9)10(8)15;1-2-7-4-3-5-8(9)6-7/h3-5,8-12,24H,1-2H3;3-6,16H,1-2H3;1,3-6H. The zero-order chi connectivity index (χ0) is 35.9. The van der Waals surface area contributed by atoms with Crippen molar-refractivity contribution >= 4 is 27.2 Å². The van der Waals surface area contributed by atoms with Gasteiger partial charge in [-0.2, -0.15) is 0 Å². The number of benzene rings is 2. The fourth-order valence-electron chi connectivity index (χ4n) is 4.33. The van der Waals surface area contributed by atoms with Crippen molar-refractivity contribution in [3.8, 4) is 24.2 Å². The molecule has 0 aliphatic rings. The van der Waals surface area contributed by atoms with Crippen molar-refractivity contribution in [3.63, 3.8) is 0 Å². The van der Waals surface area contributed by atoms with Crippen molar-refractivity contribution in [1.82, 2.24) is 18.8 Å². The number of pyridine rings is 2. The van der Waals surface area contributed by atoms with Crippen molar-refractivity contribution in [3.05, 3.63) is 162 Å². The number of fused-ring (bicyclic) bond motifs is 2. The van der Waals surface area contributed by atoms with Gasteiger partial charge in [-0.3, -0.25) is 18.4 Å². The minimum atomic E-state index is -1.26. The number of halogens is 3. The number of hydrogen-bond acceptors (Lipinski definition) is 6. The SMILES string of the molecule is C#Cc1cccc(F)c1.CC(C)(O)c1cnc2cc(Br)ccn2c1=O.CC(C)(O)c1cnc2cc(C#Cc3cccc(F)c3)ccn2c1=O. The van der Waals surface area contributed by atoms with E-state index in [9.17, 15) is 28.6 Å². The number of aliphatic hydroxyl groups is 2. The molecule has 0 unspecified atom stereocenters. The maximum absolute atomic E-state index is 13.1. The molecular formula is C38H31BrF2N4O4. The summed E-state index contributed by atoms with van der Waals surface area (Å²) in [6, 6.07) is 18.8. The lowest BCUT2D eigenvalue weighted by atomic mass is 10.0. The quantitative estimate of drug-likeness (QED) is 0.214. The monoisotopic (exact) mass is 724 g/mol. The summed E-state index contributed by atoms with van der Waals surface area (Å²) in [6.45, 7) is 6.21. The van der Waals surface area contributed by atoms with Gasteiger partial charge in [0.1, 0.15) is 22.9 Å². The summed E-state index contributed by atoms with van der Waals surface area (Å²) in [5.41, 5.74) is 0.272. The summed E-state index contributed by atoms with van der Waals surface area (Å²) in [6.07, 6.45) is 11.0. The Balaban J connectivity index is 0.000000185. The molecule has 0 atom stereocenters. The van der Waals surface area contributed by atoms with Gasteiger partial charge in [0.15, 0.2) is 0 Å². The summed E-state index contributed by atoms with van der Waals surface area (Å²) in [7, 11) is 0. The Morgan fingerprint density at radius 2 is 1.14 bits per heavy atom. The van der Waals surface area contributed by atoms with Gasteiger partial charge in [-0.15, -0.1) is 6.42 Å². The molecule has 11 heteroatoms. The molecule has 0 spiro atoms. The smallest absolute Gasteiger partial charge is 0.263 e. The van der Waals surface area contributed by atoms with Gasteiger partial charge in [0.25, 0.3) is 11.1 Å². The molecule has 2 N–H and O–H groups in total. The molecule has 0 bridgehead atoms. The molecule has 0 fully saturated rings. The predicted octanol–water partition coefficient (Wildman–Crippen LogP) is 5.95. The van der Waals surface area contributed by atoms with E-state index in [2.05, 4.69) is 43.7 Å². The zero-order valence-corrected chi connectivity index (χ0v) is 28.5. The van der Waals surface area contributed by atoms with E-state index in [0.29, 0.717) is 28.0 Å². The first-order valence-corrected chi connectivity index (χ1v) is 15.5. The van der Waals surface area contributed by atoms with Crippen LogP contribution >= 0.6 is 15.9 Å². The molecule has 6 rings (SSSR count). The first-order valence-electron chi connectivity index (χ1n) is 14.7. The Morgan fingerprint density at radius 1 is 0.694 bits per heavy atom. The van der Waals surface area contributed by atoms with Crippen molar-refractivity contribution in [2.45, 2.75) is 38.9 Å². The van der Waals surface area contributed by atoms with Crippen LogP contribution in [0.4, 0.5) is 8.78 Å². The van der Waals surface area contributed by atoms with Crippen LogP contribution in [0.15, 0.2) is 112 Å². The Kier molecular flexibility index (Phi) is 11.3. The molecule has 2 aromatic carbocycles. The second kappa shape index (κ2) is 15.2. The number of hydrogen-bond donors (Lipinski definition) is 2. The molecule has 0 amide bonds. The third-order valence-electron chi connectivity index (χ3n) is 6.87. The Bertz CT molecular complexity index is 2370. The van der Waals surface area contributed by atoms with Gasteiger partial charge in [-0.05, 0) is 88.4 Å². The van der Waals surface area contributed by atoms with Crippen LogP contribution in [0.3, 0.4) is 0 Å². The molecular weight excluding hydrogens is 694 g/mol. The third-order valence-corrected chi connectivity index (χ3v) is 7.36. The normalized spacial score (nSPS) is 10.9. The van der Waals surface area contributed by atoms with Gasteiger partial charge in [-0.25, -0.2) is 18.7 Å². The van der Waals surface area contributed by atoms with Crippen LogP contribution in [-0.4, -0.2) is 29.0 Å².